The number of rotatable bonds is 3. The molecule has 0 aliphatic carbocycles. The van der Waals surface area contributed by atoms with E-state index in [2.05, 4.69) is 38.7 Å². The van der Waals surface area contributed by atoms with E-state index in [1.54, 1.807) is 0 Å². The molecule has 1 atom stereocenters. The van der Waals surface area contributed by atoms with E-state index in [0.29, 0.717) is 0 Å². The molecule has 92 valence electrons. The van der Waals surface area contributed by atoms with Crippen LogP contribution in [0.3, 0.4) is 0 Å². The van der Waals surface area contributed by atoms with Gasteiger partial charge in [-0.1, -0.05) is 28.1 Å². The standard InChI is InChI=1S/C13H17BrN2O/c14-11-5-3-4-10(8-11)9-16-12-6-1-2-7-15-13(12)17/h3-5,8,12,16H,1-2,6-7,9H2,(H,15,17). The normalized spacial score (nSPS) is 20.8. The van der Waals surface area contributed by atoms with Crippen LogP contribution in [0, 0.1) is 0 Å². The number of hydrogen-bond acceptors (Lipinski definition) is 2. The third-order valence-corrected chi connectivity index (χ3v) is 3.47. The molecule has 1 aromatic rings. The molecule has 0 bridgehead atoms. The van der Waals surface area contributed by atoms with Gasteiger partial charge in [0, 0.05) is 17.6 Å². The molecule has 1 aliphatic heterocycles. The zero-order valence-electron chi connectivity index (χ0n) is 9.71. The Bertz CT molecular complexity index is 395. The molecule has 2 N–H and O–H groups in total. The van der Waals surface area contributed by atoms with Gasteiger partial charge in [0.2, 0.25) is 5.91 Å². The van der Waals surface area contributed by atoms with Crippen molar-refractivity contribution in [2.45, 2.75) is 31.8 Å². The molecular weight excluding hydrogens is 280 g/mol. The average molecular weight is 297 g/mol. The van der Waals surface area contributed by atoms with Crippen molar-refractivity contribution in [3.8, 4) is 0 Å². The third kappa shape index (κ3) is 3.82. The lowest BCUT2D eigenvalue weighted by Gasteiger charge is -2.15. The summed E-state index contributed by atoms with van der Waals surface area (Å²) in [7, 11) is 0. The van der Waals surface area contributed by atoms with Crippen LogP contribution in [0.2, 0.25) is 0 Å². The summed E-state index contributed by atoms with van der Waals surface area (Å²) in [5, 5.41) is 6.25. The maximum Gasteiger partial charge on any atom is 0.237 e. The van der Waals surface area contributed by atoms with Crippen LogP contribution in [-0.2, 0) is 11.3 Å². The van der Waals surface area contributed by atoms with Crippen LogP contribution < -0.4 is 10.6 Å². The number of halogens is 1. The minimum atomic E-state index is -0.0449. The number of amides is 1. The van der Waals surface area contributed by atoms with Gasteiger partial charge in [0.25, 0.3) is 0 Å². The summed E-state index contributed by atoms with van der Waals surface area (Å²) in [4.78, 5) is 11.7. The Morgan fingerprint density at radius 3 is 3.12 bits per heavy atom. The summed E-state index contributed by atoms with van der Waals surface area (Å²) < 4.78 is 1.07. The van der Waals surface area contributed by atoms with Crippen molar-refractivity contribution in [2.75, 3.05) is 6.54 Å². The molecule has 1 saturated heterocycles. The van der Waals surface area contributed by atoms with E-state index < -0.39 is 0 Å². The molecule has 1 unspecified atom stereocenters. The van der Waals surface area contributed by atoms with E-state index in [1.807, 2.05) is 12.1 Å². The Balaban J connectivity index is 1.90. The van der Waals surface area contributed by atoms with Gasteiger partial charge < -0.3 is 10.6 Å². The van der Waals surface area contributed by atoms with E-state index in [0.717, 1.165) is 36.8 Å². The van der Waals surface area contributed by atoms with Gasteiger partial charge in [-0.3, -0.25) is 4.79 Å². The summed E-state index contributed by atoms with van der Waals surface area (Å²) in [6.07, 6.45) is 3.12. The van der Waals surface area contributed by atoms with Gasteiger partial charge in [-0.25, -0.2) is 0 Å². The molecule has 0 saturated carbocycles. The van der Waals surface area contributed by atoms with E-state index in [-0.39, 0.29) is 11.9 Å². The highest BCUT2D eigenvalue weighted by molar-refractivity contribution is 9.10. The molecule has 4 heteroatoms. The maximum atomic E-state index is 11.7. The Morgan fingerprint density at radius 2 is 2.29 bits per heavy atom. The van der Waals surface area contributed by atoms with Crippen LogP contribution in [0.4, 0.5) is 0 Å². The van der Waals surface area contributed by atoms with Crippen LogP contribution in [-0.4, -0.2) is 18.5 Å². The number of benzene rings is 1. The second kappa shape index (κ2) is 6.17. The number of carbonyl (C=O) groups excluding carboxylic acids is 1. The summed E-state index contributed by atoms with van der Waals surface area (Å²) in [5.74, 6) is 0.137. The van der Waals surface area contributed by atoms with Gasteiger partial charge in [0.1, 0.15) is 0 Å². The van der Waals surface area contributed by atoms with Gasteiger partial charge >= 0.3 is 0 Å². The Morgan fingerprint density at radius 1 is 1.41 bits per heavy atom. The minimum absolute atomic E-state index is 0.0449. The molecule has 17 heavy (non-hydrogen) atoms. The topological polar surface area (TPSA) is 41.1 Å². The fraction of sp³-hybridized carbons (Fsp3) is 0.462. The molecule has 3 nitrogen and oxygen atoms in total. The molecule has 0 spiro atoms. The monoisotopic (exact) mass is 296 g/mol. The number of carbonyl (C=O) groups is 1. The molecule has 1 aliphatic rings. The van der Waals surface area contributed by atoms with Crippen LogP contribution in [0.5, 0.6) is 0 Å². The average Bonchev–Trinajstić information content (AvgIpc) is 2.52. The molecule has 1 heterocycles. The lowest BCUT2D eigenvalue weighted by Crippen LogP contribution is -2.42. The maximum absolute atomic E-state index is 11.7. The first-order chi connectivity index (χ1) is 8.25. The molecule has 0 radical (unpaired) electrons. The van der Waals surface area contributed by atoms with E-state index in [1.165, 1.54) is 5.56 Å². The fourth-order valence-electron chi connectivity index (χ4n) is 2.02. The predicted octanol–water partition coefficient (Wildman–Crippen LogP) is 2.21. The van der Waals surface area contributed by atoms with Crippen molar-refractivity contribution in [1.82, 2.24) is 10.6 Å². The van der Waals surface area contributed by atoms with Gasteiger partial charge in [-0.15, -0.1) is 0 Å². The molecule has 1 aromatic carbocycles. The SMILES string of the molecule is O=C1NCCCCC1NCc1cccc(Br)c1. The highest BCUT2D eigenvalue weighted by Gasteiger charge is 2.19. The predicted molar refractivity (Wildman–Crippen MR) is 71.6 cm³/mol. The smallest absolute Gasteiger partial charge is 0.237 e. The third-order valence-electron chi connectivity index (χ3n) is 2.98. The molecular formula is C13H17BrN2O. The largest absolute Gasteiger partial charge is 0.355 e. The first-order valence-electron chi connectivity index (χ1n) is 6.01. The Kier molecular flexibility index (Phi) is 4.57. The second-order valence-electron chi connectivity index (χ2n) is 4.35. The van der Waals surface area contributed by atoms with Gasteiger partial charge in [0.05, 0.1) is 6.04 Å². The van der Waals surface area contributed by atoms with Crippen LogP contribution in [0.15, 0.2) is 28.7 Å². The fourth-order valence-corrected chi connectivity index (χ4v) is 2.47. The zero-order valence-corrected chi connectivity index (χ0v) is 11.3. The molecule has 0 aromatic heterocycles. The lowest BCUT2D eigenvalue weighted by molar-refractivity contribution is -0.122. The van der Waals surface area contributed by atoms with E-state index in [9.17, 15) is 4.79 Å². The first kappa shape index (κ1) is 12.6. The molecule has 1 fully saturated rings. The highest BCUT2D eigenvalue weighted by atomic mass is 79.9. The van der Waals surface area contributed by atoms with Crippen molar-refractivity contribution in [1.29, 1.82) is 0 Å². The van der Waals surface area contributed by atoms with Crippen LogP contribution in [0.1, 0.15) is 24.8 Å². The van der Waals surface area contributed by atoms with E-state index in [4.69, 9.17) is 0 Å². The first-order valence-corrected chi connectivity index (χ1v) is 6.80. The minimum Gasteiger partial charge on any atom is -0.355 e. The summed E-state index contributed by atoms with van der Waals surface area (Å²) >= 11 is 3.45. The van der Waals surface area contributed by atoms with Gasteiger partial charge in [-0.05, 0) is 37.0 Å². The van der Waals surface area contributed by atoms with Crippen molar-refractivity contribution in [3.63, 3.8) is 0 Å². The highest BCUT2D eigenvalue weighted by Crippen LogP contribution is 2.12. The molecule has 2 rings (SSSR count). The lowest BCUT2D eigenvalue weighted by atomic mass is 10.1. The zero-order chi connectivity index (χ0) is 12.1. The van der Waals surface area contributed by atoms with Gasteiger partial charge in [-0.2, -0.15) is 0 Å². The van der Waals surface area contributed by atoms with Gasteiger partial charge in [0.15, 0.2) is 0 Å². The quantitative estimate of drug-likeness (QED) is 0.898. The van der Waals surface area contributed by atoms with E-state index >= 15 is 0 Å². The van der Waals surface area contributed by atoms with Crippen molar-refractivity contribution in [2.24, 2.45) is 0 Å². The summed E-state index contributed by atoms with van der Waals surface area (Å²) in [6, 6.07) is 8.10. The van der Waals surface area contributed by atoms with Crippen LogP contribution >= 0.6 is 15.9 Å². The Hall–Kier alpha value is -0.870. The number of hydrogen-bond donors (Lipinski definition) is 2. The van der Waals surface area contributed by atoms with Crippen molar-refractivity contribution < 1.29 is 4.79 Å². The molecule has 1 amide bonds. The van der Waals surface area contributed by atoms with Crippen molar-refractivity contribution >= 4 is 21.8 Å². The van der Waals surface area contributed by atoms with Crippen molar-refractivity contribution in [3.05, 3.63) is 34.3 Å². The second-order valence-corrected chi connectivity index (χ2v) is 5.27. The Labute approximate surface area is 110 Å². The summed E-state index contributed by atoms with van der Waals surface area (Å²) in [6.45, 7) is 1.55. The number of nitrogens with one attached hydrogen (secondary N) is 2. The van der Waals surface area contributed by atoms with Crippen LogP contribution in [0.25, 0.3) is 0 Å². The summed E-state index contributed by atoms with van der Waals surface area (Å²) in [5.41, 5.74) is 1.19.